The van der Waals surface area contributed by atoms with Gasteiger partial charge >= 0.3 is 0 Å². The molecular formula is C16H13F2N3O3. The summed E-state index contributed by atoms with van der Waals surface area (Å²) < 4.78 is 29.2. The van der Waals surface area contributed by atoms with Crippen molar-refractivity contribution >= 4 is 11.4 Å². The van der Waals surface area contributed by atoms with E-state index >= 15 is 0 Å². The molecule has 1 N–H and O–H groups in total. The Morgan fingerprint density at radius 2 is 2.08 bits per heavy atom. The van der Waals surface area contributed by atoms with E-state index in [9.17, 15) is 18.9 Å². The quantitative estimate of drug-likeness (QED) is 0.616. The molecule has 0 aromatic heterocycles. The average molecular weight is 333 g/mol. The molecule has 24 heavy (non-hydrogen) atoms. The number of nitro benzene ring substituents is 1. The van der Waals surface area contributed by atoms with Gasteiger partial charge in [-0.3, -0.25) is 10.1 Å². The fourth-order valence-corrected chi connectivity index (χ4v) is 1.99. The maximum atomic E-state index is 12.1. The first-order chi connectivity index (χ1) is 11.5. The number of hydrogen-bond donors (Lipinski definition) is 1. The topological polar surface area (TPSA) is 88.2 Å². The standard InChI is InChI=1S/C16H13F2N3O3/c17-16(18)10-24-14-3-1-2-11(6-14)9-20-15-5-4-13(21(22)23)7-12(15)8-19/h1-7,16,20H,9-10H2. The Labute approximate surface area is 136 Å². The van der Waals surface area contributed by atoms with Gasteiger partial charge in [-0.15, -0.1) is 0 Å². The first-order valence-electron chi connectivity index (χ1n) is 6.92. The maximum absolute atomic E-state index is 12.1. The molecule has 0 heterocycles. The summed E-state index contributed by atoms with van der Waals surface area (Å²) in [5, 5.41) is 22.8. The molecule has 2 aromatic carbocycles. The van der Waals surface area contributed by atoms with Crippen molar-refractivity contribution in [3.63, 3.8) is 0 Å². The molecule has 0 saturated heterocycles. The van der Waals surface area contributed by atoms with Crippen LogP contribution in [0.2, 0.25) is 0 Å². The SMILES string of the molecule is N#Cc1cc([N+](=O)[O-])ccc1NCc1cccc(OCC(F)F)c1. The molecule has 2 rings (SSSR count). The highest BCUT2D eigenvalue weighted by Gasteiger charge is 2.10. The summed E-state index contributed by atoms with van der Waals surface area (Å²) in [6.07, 6.45) is -2.55. The number of rotatable bonds is 7. The molecule has 124 valence electrons. The molecule has 0 radical (unpaired) electrons. The van der Waals surface area contributed by atoms with Crippen molar-refractivity contribution in [3.8, 4) is 11.8 Å². The number of nitro groups is 1. The Morgan fingerprint density at radius 3 is 2.75 bits per heavy atom. The van der Waals surface area contributed by atoms with Gasteiger partial charge in [0, 0.05) is 18.7 Å². The summed E-state index contributed by atoms with van der Waals surface area (Å²) in [5.41, 5.74) is 1.18. The molecule has 0 saturated carbocycles. The van der Waals surface area contributed by atoms with E-state index in [1.54, 1.807) is 24.3 Å². The molecule has 0 aliphatic heterocycles. The zero-order valence-corrected chi connectivity index (χ0v) is 12.4. The molecule has 8 heteroatoms. The Hall–Kier alpha value is -3.21. The molecule has 6 nitrogen and oxygen atoms in total. The van der Waals surface area contributed by atoms with Gasteiger partial charge in [0.1, 0.15) is 18.4 Å². The largest absolute Gasteiger partial charge is 0.488 e. The molecule has 0 aliphatic carbocycles. The highest BCUT2D eigenvalue weighted by Crippen LogP contribution is 2.22. The summed E-state index contributed by atoms with van der Waals surface area (Å²) in [6.45, 7) is -0.379. The predicted molar refractivity (Wildman–Crippen MR) is 83.1 cm³/mol. The third-order valence-electron chi connectivity index (χ3n) is 3.09. The average Bonchev–Trinajstić information content (AvgIpc) is 2.58. The molecule has 0 unspecified atom stereocenters. The summed E-state index contributed by atoms with van der Waals surface area (Å²) in [5.74, 6) is 0.318. The van der Waals surface area contributed by atoms with Crippen LogP contribution < -0.4 is 10.1 Å². The molecule has 0 bridgehead atoms. The Bertz CT molecular complexity index is 775. The normalized spacial score (nSPS) is 10.2. The zero-order valence-electron chi connectivity index (χ0n) is 12.4. The van der Waals surface area contributed by atoms with E-state index in [1.807, 2.05) is 6.07 Å². The second-order valence-corrected chi connectivity index (χ2v) is 4.80. The van der Waals surface area contributed by atoms with Crippen LogP contribution in [0.15, 0.2) is 42.5 Å². The lowest BCUT2D eigenvalue weighted by atomic mass is 10.1. The Kier molecular flexibility index (Phi) is 5.63. The van der Waals surface area contributed by atoms with Crippen LogP contribution in [0.4, 0.5) is 20.2 Å². The van der Waals surface area contributed by atoms with E-state index < -0.39 is 18.0 Å². The number of hydrogen-bond acceptors (Lipinski definition) is 5. The Morgan fingerprint density at radius 1 is 1.29 bits per heavy atom. The first-order valence-corrected chi connectivity index (χ1v) is 6.92. The van der Waals surface area contributed by atoms with Crippen molar-refractivity contribution in [2.45, 2.75) is 13.0 Å². The Balaban J connectivity index is 2.07. The van der Waals surface area contributed by atoms with Crippen LogP contribution >= 0.6 is 0 Å². The molecule has 0 atom stereocenters. The van der Waals surface area contributed by atoms with Crippen LogP contribution in [0.25, 0.3) is 0 Å². The lowest BCUT2D eigenvalue weighted by molar-refractivity contribution is -0.384. The number of benzene rings is 2. The molecule has 0 amide bonds. The number of nitrogens with zero attached hydrogens (tertiary/aromatic N) is 2. The summed E-state index contributed by atoms with van der Waals surface area (Å²) in [7, 11) is 0. The third-order valence-corrected chi connectivity index (χ3v) is 3.09. The van der Waals surface area contributed by atoms with Crippen molar-refractivity contribution < 1.29 is 18.4 Å². The van der Waals surface area contributed by atoms with E-state index in [0.717, 1.165) is 5.56 Å². The monoisotopic (exact) mass is 333 g/mol. The number of ether oxygens (including phenoxy) is 1. The van der Waals surface area contributed by atoms with Crippen molar-refractivity contribution in [1.82, 2.24) is 0 Å². The van der Waals surface area contributed by atoms with Crippen molar-refractivity contribution in [1.29, 1.82) is 5.26 Å². The van der Waals surface area contributed by atoms with Gasteiger partial charge in [-0.25, -0.2) is 8.78 Å². The van der Waals surface area contributed by atoms with E-state index in [2.05, 4.69) is 5.32 Å². The van der Waals surface area contributed by atoms with Gasteiger partial charge in [0.25, 0.3) is 12.1 Å². The highest BCUT2D eigenvalue weighted by atomic mass is 19.3. The summed E-state index contributed by atoms with van der Waals surface area (Å²) in [6, 6.07) is 12.4. The fourth-order valence-electron chi connectivity index (χ4n) is 1.99. The zero-order chi connectivity index (χ0) is 17.5. The first kappa shape index (κ1) is 17.1. The number of non-ortho nitro benzene ring substituents is 1. The number of nitriles is 1. The van der Waals surface area contributed by atoms with Gasteiger partial charge < -0.3 is 10.1 Å². The van der Waals surface area contributed by atoms with Crippen LogP contribution in [0.5, 0.6) is 5.75 Å². The lowest BCUT2D eigenvalue weighted by Crippen LogP contribution is -2.07. The lowest BCUT2D eigenvalue weighted by Gasteiger charge is -2.10. The number of alkyl halides is 2. The van der Waals surface area contributed by atoms with Gasteiger partial charge in [-0.05, 0) is 23.8 Å². The number of anilines is 1. The van der Waals surface area contributed by atoms with Crippen molar-refractivity contribution in [3.05, 3.63) is 63.7 Å². The predicted octanol–water partition coefficient (Wildman–Crippen LogP) is 3.72. The second-order valence-electron chi connectivity index (χ2n) is 4.80. The smallest absolute Gasteiger partial charge is 0.272 e. The molecule has 0 aliphatic rings. The molecule has 2 aromatic rings. The number of nitrogens with one attached hydrogen (secondary N) is 1. The van der Waals surface area contributed by atoms with Crippen LogP contribution in [0, 0.1) is 21.4 Å². The van der Waals surface area contributed by atoms with E-state index in [1.165, 1.54) is 18.2 Å². The van der Waals surface area contributed by atoms with Crippen LogP contribution in [0.3, 0.4) is 0 Å². The third kappa shape index (κ3) is 4.64. The second kappa shape index (κ2) is 7.87. The van der Waals surface area contributed by atoms with E-state index in [0.29, 0.717) is 18.0 Å². The van der Waals surface area contributed by atoms with Crippen LogP contribution in [-0.2, 0) is 6.54 Å². The molecule has 0 fully saturated rings. The minimum Gasteiger partial charge on any atom is -0.488 e. The number of halogens is 2. The maximum Gasteiger partial charge on any atom is 0.272 e. The van der Waals surface area contributed by atoms with Crippen LogP contribution in [0.1, 0.15) is 11.1 Å². The fraction of sp³-hybridized carbons (Fsp3) is 0.188. The minimum absolute atomic E-state index is 0.148. The van der Waals surface area contributed by atoms with Gasteiger partial charge in [0.2, 0.25) is 0 Å². The summed E-state index contributed by atoms with van der Waals surface area (Å²) in [4.78, 5) is 10.1. The minimum atomic E-state index is -2.55. The van der Waals surface area contributed by atoms with Gasteiger partial charge in [-0.2, -0.15) is 5.26 Å². The highest BCUT2D eigenvalue weighted by molar-refractivity contribution is 5.61. The van der Waals surface area contributed by atoms with Crippen molar-refractivity contribution in [2.75, 3.05) is 11.9 Å². The molecule has 0 spiro atoms. The summed E-state index contributed by atoms with van der Waals surface area (Å²) >= 11 is 0. The van der Waals surface area contributed by atoms with Crippen LogP contribution in [-0.4, -0.2) is 18.0 Å². The van der Waals surface area contributed by atoms with Gasteiger partial charge in [0.05, 0.1) is 16.2 Å². The van der Waals surface area contributed by atoms with Gasteiger partial charge in [0.15, 0.2) is 0 Å². The van der Waals surface area contributed by atoms with Gasteiger partial charge in [-0.1, -0.05) is 12.1 Å². The molecular weight excluding hydrogens is 320 g/mol. The van der Waals surface area contributed by atoms with E-state index in [4.69, 9.17) is 10.00 Å². The van der Waals surface area contributed by atoms with E-state index in [-0.39, 0.29) is 11.3 Å². The van der Waals surface area contributed by atoms with Crippen molar-refractivity contribution in [2.24, 2.45) is 0 Å².